The van der Waals surface area contributed by atoms with Crippen LogP contribution in [0.25, 0.3) is 0 Å². The van der Waals surface area contributed by atoms with E-state index in [2.05, 4.69) is 40.7 Å². The minimum Gasteiger partial charge on any atom is -0.333 e. The summed E-state index contributed by atoms with van der Waals surface area (Å²) in [6, 6.07) is 10.5. The summed E-state index contributed by atoms with van der Waals surface area (Å²) in [4.78, 5) is 4.12. The van der Waals surface area contributed by atoms with Crippen molar-refractivity contribution in [3.05, 3.63) is 54.1 Å². The molecule has 0 radical (unpaired) electrons. The Hall–Kier alpha value is -1.28. The summed E-state index contributed by atoms with van der Waals surface area (Å²) in [5, 5.41) is 0. The zero-order valence-electron chi connectivity index (χ0n) is 9.31. The lowest BCUT2D eigenvalue weighted by Crippen LogP contribution is -2.07. The Kier molecular flexibility index (Phi) is 3.62. The predicted octanol–water partition coefficient (Wildman–Crippen LogP) is 3.43. The lowest BCUT2D eigenvalue weighted by atomic mass is 10.0. The topological polar surface area (TPSA) is 17.8 Å². The minimum absolute atomic E-state index is 0.470. The molecule has 2 nitrogen and oxygen atoms in total. The lowest BCUT2D eigenvalue weighted by Gasteiger charge is -2.14. The molecular weight excluding hydrogens is 220 g/mol. The maximum absolute atomic E-state index is 5.84. The molecule has 1 aromatic carbocycles. The van der Waals surface area contributed by atoms with Crippen molar-refractivity contribution in [3.63, 3.8) is 0 Å². The summed E-state index contributed by atoms with van der Waals surface area (Å²) in [6.07, 6.45) is 3.67. The Balaban J connectivity index is 2.11. The molecule has 1 heterocycles. The van der Waals surface area contributed by atoms with Gasteiger partial charge in [-0.2, -0.15) is 0 Å². The van der Waals surface area contributed by atoms with Gasteiger partial charge >= 0.3 is 0 Å². The van der Waals surface area contributed by atoms with Gasteiger partial charge in [0.25, 0.3) is 0 Å². The molecule has 1 atom stereocenters. The molecule has 0 aliphatic rings. The van der Waals surface area contributed by atoms with Crippen LogP contribution in [0.5, 0.6) is 0 Å². The second kappa shape index (κ2) is 5.17. The monoisotopic (exact) mass is 234 g/mol. The van der Waals surface area contributed by atoms with Crippen molar-refractivity contribution < 1.29 is 0 Å². The first-order chi connectivity index (χ1) is 7.81. The number of nitrogens with zero attached hydrogens (tertiary/aromatic N) is 2. The largest absolute Gasteiger partial charge is 0.333 e. The molecule has 16 heavy (non-hydrogen) atoms. The van der Waals surface area contributed by atoms with Crippen LogP contribution in [-0.4, -0.2) is 9.55 Å². The van der Waals surface area contributed by atoms with Crippen LogP contribution >= 0.6 is 11.6 Å². The number of hydrogen-bond acceptors (Lipinski definition) is 1. The third-order valence-electron chi connectivity index (χ3n) is 2.77. The third-order valence-corrected chi connectivity index (χ3v) is 3.05. The van der Waals surface area contributed by atoms with Crippen molar-refractivity contribution in [2.75, 3.05) is 0 Å². The maximum atomic E-state index is 5.84. The average Bonchev–Trinajstić information content (AvgIpc) is 2.77. The summed E-state index contributed by atoms with van der Waals surface area (Å²) < 4.78 is 2.12. The molecule has 0 saturated carbocycles. The Bertz CT molecular complexity index is 436. The number of halogens is 1. The first-order valence-corrected chi connectivity index (χ1v) is 5.94. The highest BCUT2D eigenvalue weighted by molar-refractivity contribution is 6.16. The quantitative estimate of drug-likeness (QED) is 0.742. The van der Waals surface area contributed by atoms with Gasteiger partial charge in [0, 0.05) is 12.7 Å². The summed E-state index contributed by atoms with van der Waals surface area (Å²) in [7, 11) is 0. The smallest absolute Gasteiger partial charge is 0.0948 e. The number of imidazole rings is 1. The van der Waals surface area contributed by atoms with Gasteiger partial charge in [0.1, 0.15) is 0 Å². The Morgan fingerprint density at radius 3 is 2.75 bits per heavy atom. The first kappa shape index (κ1) is 11.2. The van der Waals surface area contributed by atoms with Gasteiger partial charge in [-0.25, -0.2) is 4.98 Å². The van der Waals surface area contributed by atoms with Gasteiger partial charge in [0.15, 0.2) is 0 Å². The molecule has 0 spiro atoms. The highest BCUT2D eigenvalue weighted by Gasteiger charge is 2.08. The second-order valence-corrected chi connectivity index (χ2v) is 4.25. The van der Waals surface area contributed by atoms with E-state index in [0.717, 1.165) is 12.2 Å². The summed E-state index contributed by atoms with van der Waals surface area (Å²) in [6.45, 7) is 3.14. The van der Waals surface area contributed by atoms with E-state index in [9.17, 15) is 0 Å². The summed E-state index contributed by atoms with van der Waals surface area (Å²) in [5.41, 5.74) is 2.42. The van der Waals surface area contributed by atoms with E-state index in [1.165, 1.54) is 5.56 Å². The molecule has 0 saturated heterocycles. The standard InChI is InChI=1S/C13H15ClN2/c1-11(12-5-3-2-4-6-12)9-16-10-15-8-13(16)7-14/h2-6,8,10-11H,7,9H2,1H3. The van der Waals surface area contributed by atoms with Crippen LogP contribution in [0.4, 0.5) is 0 Å². The highest BCUT2D eigenvalue weighted by Crippen LogP contribution is 2.18. The van der Waals surface area contributed by atoms with Gasteiger partial charge in [-0.15, -0.1) is 11.6 Å². The van der Waals surface area contributed by atoms with Crippen LogP contribution in [0.1, 0.15) is 24.1 Å². The molecule has 1 aromatic heterocycles. The molecule has 3 heteroatoms. The molecule has 2 rings (SSSR count). The summed E-state index contributed by atoms with van der Waals surface area (Å²) >= 11 is 5.84. The normalized spacial score (nSPS) is 12.6. The van der Waals surface area contributed by atoms with Gasteiger partial charge < -0.3 is 4.57 Å². The highest BCUT2D eigenvalue weighted by atomic mass is 35.5. The second-order valence-electron chi connectivity index (χ2n) is 3.98. The third kappa shape index (κ3) is 2.45. The van der Waals surface area contributed by atoms with E-state index in [1.807, 2.05) is 18.6 Å². The zero-order valence-corrected chi connectivity index (χ0v) is 10.1. The zero-order chi connectivity index (χ0) is 11.4. The average molecular weight is 235 g/mol. The van der Waals surface area contributed by atoms with E-state index in [1.54, 1.807) is 0 Å². The van der Waals surface area contributed by atoms with E-state index < -0.39 is 0 Å². The molecule has 2 aromatic rings. The summed E-state index contributed by atoms with van der Waals surface area (Å²) in [5.74, 6) is 0.985. The van der Waals surface area contributed by atoms with Gasteiger partial charge in [-0.3, -0.25) is 0 Å². The molecule has 0 bridgehead atoms. The van der Waals surface area contributed by atoms with E-state index >= 15 is 0 Å². The Morgan fingerprint density at radius 1 is 1.31 bits per heavy atom. The van der Waals surface area contributed by atoms with Gasteiger partial charge in [0.2, 0.25) is 0 Å². The van der Waals surface area contributed by atoms with Crippen LogP contribution in [0, 0.1) is 0 Å². The number of benzene rings is 1. The van der Waals surface area contributed by atoms with Gasteiger partial charge in [-0.05, 0) is 11.5 Å². The number of hydrogen-bond donors (Lipinski definition) is 0. The number of rotatable bonds is 4. The number of alkyl halides is 1. The molecule has 84 valence electrons. The van der Waals surface area contributed by atoms with Crippen molar-refractivity contribution in [1.82, 2.24) is 9.55 Å². The molecule has 0 aliphatic heterocycles. The van der Waals surface area contributed by atoms with E-state index in [-0.39, 0.29) is 0 Å². The minimum atomic E-state index is 0.470. The number of aromatic nitrogens is 2. The van der Waals surface area contributed by atoms with E-state index in [0.29, 0.717) is 11.8 Å². The van der Waals surface area contributed by atoms with Gasteiger partial charge in [0.05, 0.1) is 17.9 Å². The SMILES string of the molecule is CC(Cn1cncc1CCl)c1ccccc1. The molecule has 0 aliphatic carbocycles. The molecule has 0 fully saturated rings. The predicted molar refractivity (Wildman–Crippen MR) is 66.6 cm³/mol. The van der Waals surface area contributed by atoms with Crippen molar-refractivity contribution in [1.29, 1.82) is 0 Å². The van der Waals surface area contributed by atoms with Crippen LogP contribution < -0.4 is 0 Å². The first-order valence-electron chi connectivity index (χ1n) is 5.41. The van der Waals surface area contributed by atoms with E-state index in [4.69, 9.17) is 11.6 Å². The van der Waals surface area contributed by atoms with Crippen LogP contribution in [0.15, 0.2) is 42.9 Å². The van der Waals surface area contributed by atoms with Crippen LogP contribution in [0.2, 0.25) is 0 Å². The van der Waals surface area contributed by atoms with Gasteiger partial charge in [-0.1, -0.05) is 37.3 Å². The molecule has 0 N–H and O–H groups in total. The fraction of sp³-hybridized carbons (Fsp3) is 0.308. The Morgan fingerprint density at radius 2 is 2.06 bits per heavy atom. The lowest BCUT2D eigenvalue weighted by molar-refractivity contribution is 0.584. The van der Waals surface area contributed by atoms with Crippen molar-refractivity contribution in [2.45, 2.75) is 25.3 Å². The van der Waals surface area contributed by atoms with Crippen LogP contribution in [-0.2, 0) is 12.4 Å². The van der Waals surface area contributed by atoms with Crippen molar-refractivity contribution in [3.8, 4) is 0 Å². The fourth-order valence-electron chi connectivity index (χ4n) is 1.81. The van der Waals surface area contributed by atoms with Crippen LogP contribution in [0.3, 0.4) is 0 Å². The fourth-order valence-corrected chi connectivity index (χ4v) is 2.03. The molecule has 0 amide bonds. The Labute approximate surface area is 101 Å². The maximum Gasteiger partial charge on any atom is 0.0948 e. The van der Waals surface area contributed by atoms with Crippen molar-refractivity contribution >= 4 is 11.6 Å². The van der Waals surface area contributed by atoms with Crippen molar-refractivity contribution in [2.24, 2.45) is 0 Å². The molecule has 1 unspecified atom stereocenters. The molecular formula is C13H15ClN2.